The van der Waals surface area contributed by atoms with Crippen LogP contribution in [0.3, 0.4) is 0 Å². The number of phenols is 6. The van der Waals surface area contributed by atoms with E-state index in [2.05, 4.69) is 0 Å². The van der Waals surface area contributed by atoms with Crippen LogP contribution < -0.4 is 0 Å². The molecule has 2 aromatic rings. The van der Waals surface area contributed by atoms with E-state index in [9.17, 15) is 80.1 Å². The Labute approximate surface area is 260 Å². The van der Waals surface area contributed by atoms with Crippen molar-refractivity contribution >= 4 is 29.8 Å². The van der Waals surface area contributed by atoms with Gasteiger partial charge in [-0.15, -0.1) is 0 Å². The number of ether oxygens (including phenoxy) is 4. The molecule has 47 heavy (non-hydrogen) atoms. The number of phenolic OH excluding ortho intramolecular Hbond substituents is 6. The van der Waals surface area contributed by atoms with Gasteiger partial charge in [0, 0.05) is 5.56 Å². The highest BCUT2D eigenvalue weighted by Crippen LogP contribution is 2.50. The van der Waals surface area contributed by atoms with Crippen LogP contribution in [0.1, 0.15) is 38.6 Å². The largest absolute Gasteiger partial charge is 0.504 e. The summed E-state index contributed by atoms with van der Waals surface area (Å²) in [5.74, 6) is -18.9. The maximum atomic E-state index is 13.5. The second kappa shape index (κ2) is 13.0. The molecule has 0 radical (unpaired) electrons. The lowest BCUT2D eigenvalue weighted by Gasteiger charge is -2.42. The summed E-state index contributed by atoms with van der Waals surface area (Å²) >= 11 is 0. The number of hydrogen-bond acceptors (Lipinski definition) is 18. The molecule has 2 heterocycles. The van der Waals surface area contributed by atoms with E-state index in [1.807, 2.05) is 0 Å². The molecule has 0 aromatic heterocycles. The van der Waals surface area contributed by atoms with E-state index in [4.69, 9.17) is 18.9 Å². The number of benzene rings is 2. The number of carbonyl (C=O) groups is 5. The summed E-state index contributed by atoms with van der Waals surface area (Å²) in [6, 6.07) is 1.91. The summed E-state index contributed by atoms with van der Waals surface area (Å²) in [5, 5.41) is 110. The van der Waals surface area contributed by atoms with Crippen LogP contribution in [0.5, 0.6) is 34.5 Å². The van der Waals surface area contributed by atoms with Crippen molar-refractivity contribution in [3.8, 4) is 34.5 Å². The summed E-state index contributed by atoms with van der Waals surface area (Å²) in [5.41, 5.74) is -2.12. The number of hydrogen-bond donors (Lipinski definition) is 11. The zero-order valence-electron chi connectivity index (χ0n) is 23.4. The van der Waals surface area contributed by atoms with Gasteiger partial charge in [-0.2, -0.15) is 0 Å². The molecule has 2 aliphatic heterocycles. The maximum Gasteiger partial charge on any atom is 0.345 e. The van der Waals surface area contributed by atoms with Gasteiger partial charge in [-0.05, 0) is 18.2 Å². The van der Waals surface area contributed by atoms with Crippen molar-refractivity contribution in [1.29, 1.82) is 0 Å². The highest BCUT2D eigenvalue weighted by molar-refractivity contribution is 5.98. The van der Waals surface area contributed by atoms with Gasteiger partial charge in [0.1, 0.15) is 18.3 Å². The van der Waals surface area contributed by atoms with Gasteiger partial charge in [0.2, 0.25) is 18.1 Å². The fraction of sp³-hybridized carbons (Fsp3) is 0.370. The molecule has 2 aliphatic rings. The number of fused-ring (bicyclic) bond motifs is 1. The van der Waals surface area contributed by atoms with E-state index in [1.165, 1.54) is 0 Å². The molecule has 1 fully saturated rings. The van der Waals surface area contributed by atoms with E-state index in [0.29, 0.717) is 18.2 Å². The van der Waals surface area contributed by atoms with Crippen LogP contribution in [-0.4, -0.2) is 129 Å². The molecule has 0 bridgehead atoms. The second-order valence-electron chi connectivity index (χ2n) is 10.3. The topological polar surface area (TPSA) is 345 Å². The molecule has 20 heteroatoms. The van der Waals surface area contributed by atoms with Crippen molar-refractivity contribution in [1.82, 2.24) is 0 Å². The zero-order valence-corrected chi connectivity index (χ0v) is 23.4. The van der Waals surface area contributed by atoms with E-state index in [1.54, 1.807) is 0 Å². The van der Waals surface area contributed by atoms with Crippen molar-refractivity contribution in [3.05, 3.63) is 34.9 Å². The Morgan fingerprint density at radius 3 is 1.98 bits per heavy atom. The monoisotopic (exact) mass is 670 g/mol. The summed E-state index contributed by atoms with van der Waals surface area (Å²) in [4.78, 5) is 62.5. The number of aromatic hydroxyl groups is 6. The first-order chi connectivity index (χ1) is 22.0. The molecule has 1 saturated heterocycles. The second-order valence-corrected chi connectivity index (χ2v) is 10.3. The maximum absolute atomic E-state index is 13.5. The normalized spacial score (nSPS) is 25.9. The van der Waals surface area contributed by atoms with Crippen molar-refractivity contribution in [3.63, 3.8) is 0 Å². The Kier molecular flexibility index (Phi) is 9.52. The predicted octanol–water partition coefficient (Wildman–Crippen LogP) is -2.07. The number of aliphatic hydroxyl groups is 3. The molecular formula is C27H26O20. The van der Waals surface area contributed by atoms with Crippen molar-refractivity contribution in [2.24, 2.45) is 5.92 Å². The molecule has 0 aliphatic carbocycles. The standard InChI is InChI=1S/C27H26O20/c28-5-12-21(19(37)20(38)27(44-12)47-24(41)6-1-9(29)16(34)10(30)2-6)45-26(43)8(4-13(32)33)15-14-7(3-11(31)17(35)18(14)36)25(42)46-22(15)23(39)40/h1-3,8,12,15,19-22,27-31,34-38H,4-5H2,(H,32,33)(H,39,40)/t8-,12-,15-,19+,20-,21+,22+,27-/m0/s1. The summed E-state index contributed by atoms with van der Waals surface area (Å²) in [6.07, 6.45) is -14.2. The van der Waals surface area contributed by atoms with Crippen LogP contribution in [0.2, 0.25) is 0 Å². The predicted molar refractivity (Wildman–Crippen MR) is 141 cm³/mol. The van der Waals surface area contributed by atoms with Gasteiger partial charge in [-0.1, -0.05) is 0 Å². The first kappa shape index (κ1) is 34.3. The number of carboxylic acids is 2. The minimum Gasteiger partial charge on any atom is -0.504 e. The van der Waals surface area contributed by atoms with Gasteiger partial charge in [-0.25, -0.2) is 14.4 Å². The third-order valence-electron chi connectivity index (χ3n) is 7.38. The molecule has 0 spiro atoms. The lowest BCUT2D eigenvalue weighted by atomic mass is 9.76. The highest BCUT2D eigenvalue weighted by atomic mass is 16.7. The van der Waals surface area contributed by atoms with Crippen LogP contribution in [-0.2, 0) is 33.3 Å². The Balaban J connectivity index is 1.65. The smallest absolute Gasteiger partial charge is 0.345 e. The minimum atomic E-state index is -2.38. The molecule has 254 valence electrons. The van der Waals surface area contributed by atoms with Crippen LogP contribution in [0, 0.1) is 5.92 Å². The molecule has 11 N–H and O–H groups in total. The first-order valence-corrected chi connectivity index (χ1v) is 13.2. The van der Waals surface area contributed by atoms with E-state index < -0.39 is 143 Å². The van der Waals surface area contributed by atoms with Crippen LogP contribution in [0.4, 0.5) is 0 Å². The molecule has 4 rings (SSSR count). The van der Waals surface area contributed by atoms with Gasteiger partial charge in [0.05, 0.1) is 36.0 Å². The molecule has 0 saturated carbocycles. The number of carbonyl (C=O) groups excluding carboxylic acids is 3. The van der Waals surface area contributed by atoms with Gasteiger partial charge < -0.3 is 75.1 Å². The average Bonchev–Trinajstić information content (AvgIpc) is 3.00. The third kappa shape index (κ3) is 6.42. The quantitative estimate of drug-likeness (QED) is 0.0774. The number of carboxylic acid groups (broad SMARTS) is 2. The Morgan fingerprint density at radius 1 is 0.830 bits per heavy atom. The number of esters is 3. The minimum absolute atomic E-state index is 0.570. The van der Waals surface area contributed by atoms with Crippen LogP contribution in [0.15, 0.2) is 18.2 Å². The fourth-order valence-electron chi connectivity index (χ4n) is 5.14. The van der Waals surface area contributed by atoms with E-state index in [-0.39, 0.29) is 0 Å². The molecule has 20 nitrogen and oxygen atoms in total. The SMILES string of the molecule is O=C(O)C[C@H](C(=O)O[C@H]1[C@H](O)[C@H](O)[C@H](OC(=O)c2cc(O)c(O)c(O)c2)O[C@H]1CO)[C@H]1c2c(cc(O)c(O)c2O)C(=O)O[C@H]1C(=O)O. The van der Waals surface area contributed by atoms with Gasteiger partial charge >= 0.3 is 29.8 Å². The van der Waals surface area contributed by atoms with Gasteiger partial charge in [-0.3, -0.25) is 9.59 Å². The Hall–Kier alpha value is -5.57. The molecule has 0 unspecified atom stereocenters. The van der Waals surface area contributed by atoms with Crippen molar-refractivity contribution in [2.75, 3.05) is 6.61 Å². The van der Waals surface area contributed by atoms with E-state index in [0.717, 1.165) is 0 Å². The number of aliphatic hydroxyl groups excluding tert-OH is 3. The Bertz CT molecular complexity index is 1590. The van der Waals surface area contributed by atoms with Crippen molar-refractivity contribution < 1.29 is 99.1 Å². The highest BCUT2D eigenvalue weighted by Gasteiger charge is 2.53. The molecule has 8 atom stereocenters. The Morgan fingerprint density at radius 2 is 1.43 bits per heavy atom. The van der Waals surface area contributed by atoms with Crippen molar-refractivity contribution in [2.45, 2.75) is 49.1 Å². The lowest BCUT2D eigenvalue weighted by molar-refractivity contribution is -0.289. The average molecular weight is 670 g/mol. The number of aliphatic carboxylic acids is 2. The fourth-order valence-corrected chi connectivity index (χ4v) is 5.14. The lowest BCUT2D eigenvalue weighted by Crippen LogP contribution is -2.61. The van der Waals surface area contributed by atoms with Gasteiger partial charge in [0.15, 0.2) is 34.9 Å². The van der Waals surface area contributed by atoms with Crippen LogP contribution in [0.25, 0.3) is 0 Å². The number of cyclic esters (lactones) is 1. The third-order valence-corrected chi connectivity index (χ3v) is 7.38. The van der Waals surface area contributed by atoms with Gasteiger partial charge in [0.25, 0.3) is 0 Å². The molecular weight excluding hydrogens is 644 g/mol. The summed E-state index contributed by atoms with van der Waals surface area (Å²) < 4.78 is 20.2. The summed E-state index contributed by atoms with van der Waals surface area (Å²) in [7, 11) is 0. The van der Waals surface area contributed by atoms with E-state index >= 15 is 0 Å². The molecule has 2 aromatic carbocycles. The number of rotatable bonds is 9. The molecule has 0 amide bonds. The zero-order chi connectivity index (χ0) is 35.1. The first-order valence-electron chi connectivity index (χ1n) is 13.2. The summed E-state index contributed by atoms with van der Waals surface area (Å²) in [6.45, 7) is -1.12. The van der Waals surface area contributed by atoms with Crippen LogP contribution >= 0.6 is 0 Å².